The second kappa shape index (κ2) is 9.89. The molecule has 2 aliphatic rings. The van der Waals surface area contributed by atoms with Crippen molar-refractivity contribution in [1.82, 2.24) is 10.6 Å². The lowest BCUT2D eigenvalue weighted by atomic mass is 9.95. The van der Waals surface area contributed by atoms with Gasteiger partial charge in [0.2, 0.25) is 11.8 Å². The number of amides is 2. The summed E-state index contributed by atoms with van der Waals surface area (Å²) in [7, 11) is 0. The van der Waals surface area contributed by atoms with Crippen molar-refractivity contribution in [2.75, 3.05) is 19.8 Å². The third kappa shape index (κ3) is 5.15. The van der Waals surface area contributed by atoms with Crippen LogP contribution in [-0.2, 0) is 23.8 Å². The first-order chi connectivity index (χ1) is 13.2. The zero-order chi connectivity index (χ0) is 21.0. The molecule has 2 aliphatic heterocycles. The molecular formula is C16H28N2O10. The Morgan fingerprint density at radius 2 is 1.57 bits per heavy atom. The highest BCUT2D eigenvalue weighted by molar-refractivity contribution is 5.73. The first-order valence-electron chi connectivity index (χ1n) is 8.92. The quantitative estimate of drug-likeness (QED) is 0.226. The minimum absolute atomic E-state index is 0.0624. The van der Waals surface area contributed by atoms with E-state index in [2.05, 4.69) is 10.6 Å². The number of ether oxygens (including phenoxy) is 3. The lowest BCUT2D eigenvalue weighted by Crippen LogP contribution is -2.67. The highest BCUT2D eigenvalue weighted by atomic mass is 16.7. The fraction of sp³-hybridized carbons (Fsp3) is 0.875. The van der Waals surface area contributed by atoms with E-state index in [0.717, 1.165) is 0 Å². The van der Waals surface area contributed by atoms with E-state index in [-0.39, 0.29) is 6.61 Å². The van der Waals surface area contributed by atoms with Crippen LogP contribution < -0.4 is 10.6 Å². The highest BCUT2D eigenvalue weighted by Gasteiger charge is 2.49. The van der Waals surface area contributed by atoms with Crippen LogP contribution in [0.25, 0.3) is 0 Å². The molecule has 0 aromatic heterocycles. The molecule has 0 unspecified atom stereocenters. The van der Waals surface area contributed by atoms with Crippen LogP contribution in [0, 0.1) is 0 Å². The number of aliphatic hydroxyl groups is 5. The van der Waals surface area contributed by atoms with Gasteiger partial charge in [0.05, 0.1) is 25.9 Å². The van der Waals surface area contributed by atoms with Gasteiger partial charge in [-0.15, -0.1) is 0 Å². The summed E-state index contributed by atoms with van der Waals surface area (Å²) in [6, 6.07) is -2.04. The van der Waals surface area contributed by atoms with Gasteiger partial charge in [-0.25, -0.2) is 0 Å². The number of carbonyl (C=O) groups is 2. The molecule has 0 spiro atoms. The molecular weight excluding hydrogens is 380 g/mol. The molecule has 0 saturated carbocycles. The van der Waals surface area contributed by atoms with Crippen LogP contribution in [0.5, 0.6) is 0 Å². The van der Waals surface area contributed by atoms with Crippen LogP contribution in [0.15, 0.2) is 0 Å². The van der Waals surface area contributed by atoms with Gasteiger partial charge in [0, 0.05) is 13.8 Å². The van der Waals surface area contributed by atoms with Crippen LogP contribution in [0.4, 0.5) is 0 Å². The van der Waals surface area contributed by atoms with Crippen molar-refractivity contribution in [2.45, 2.75) is 68.8 Å². The van der Waals surface area contributed by atoms with E-state index in [0.29, 0.717) is 0 Å². The molecule has 2 heterocycles. The lowest BCUT2D eigenvalue weighted by Gasteiger charge is -2.46. The molecule has 0 radical (unpaired) electrons. The van der Waals surface area contributed by atoms with Gasteiger partial charge in [-0.2, -0.15) is 0 Å². The van der Waals surface area contributed by atoms with Crippen molar-refractivity contribution >= 4 is 11.8 Å². The summed E-state index contributed by atoms with van der Waals surface area (Å²) in [4.78, 5) is 22.8. The average Bonchev–Trinajstić information content (AvgIpc) is 2.63. The van der Waals surface area contributed by atoms with Crippen molar-refractivity contribution in [1.29, 1.82) is 0 Å². The second-order valence-corrected chi connectivity index (χ2v) is 6.89. The maximum atomic E-state index is 11.5. The third-order valence-electron chi connectivity index (χ3n) is 4.72. The zero-order valence-electron chi connectivity index (χ0n) is 15.6. The largest absolute Gasteiger partial charge is 0.394 e. The smallest absolute Gasteiger partial charge is 0.217 e. The maximum absolute atomic E-state index is 11.5. The first-order valence-corrected chi connectivity index (χ1v) is 8.92. The van der Waals surface area contributed by atoms with Crippen molar-refractivity contribution < 1.29 is 49.3 Å². The number of carbonyl (C=O) groups excluding carboxylic acids is 2. The Labute approximate surface area is 161 Å². The number of rotatable bonds is 6. The normalized spacial score (nSPS) is 41.3. The van der Waals surface area contributed by atoms with Gasteiger partial charge in [0.15, 0.2) is 6.29 Å². The van der Waals surface area contributed by atoms with Gasteiger partial charge >= 0.3 is 0 Å². The van der Waals surface area contributed by atoms with Gasteiger partial charge in [0.25, 0.3) is 0 Å². The summed E-state index contributed by atoms with van der Waals surface area (Å²) in [5.41, 5.74) is 0. The van der Waals surface area contributed by atoms with Gasteiger partial charge in [-0.3, -0.25) is 9.59 Å². The molecule has 162 valence electrons. The van der Waals surface area contributed by atoms with E-state index < -0.39 is 80.0 Å². The Bertz CT molecular complexity index is 550. The average molecular weight is 408 g/mol. The predicted molar refractivity (Wildman–Crippen MR) is 90.7 cm³/mol. The fourth-order valence-corrected chi connectivity index (χ4v) is 3.32. The highest BCUT2D eigenvalue weighted by Crippen LogP contribution is 2.27. The molecule has 0 aromatic rings. The van der Waals surface area contributed by atoms with Crippen LogP contribution in [-0.4, -0.2) is 112 Å². The number of hydrogen-bond donors (Lipinski definition) is 7. The van der Waals surface area contributed by atoms with Crippen LogP contribution in [0.1, 0.15) is 13.8 Å². The summed E-state index contributed by atoms with van der Waals surface area (Å²) < 4.78 is 16.6. The number of hydrogen-bond acceptors (Lipinski definition) is 10. The molecule has 28 heavy (non-hydrogen) atoms. The maximum Gasteiger partial charge on any atom is 0.217 e. The van der Waals surface area contributed by atoms with E-state index in [4.69, 9.17) is 14.2 Å². The van der Waals surface area contributed by atoms with E-state index in [1.54, 1.807) is 0 Å². The number of aliphatic hydroxyl groups excluding tert-OH is 5. The van der Waals surface area contributed by atoms with Crippen LogP contribution >= 0.6 is 0 Å². The Balaban J connectivity index is 2.22. The Morgan fingerprint density at radius 3 is 2.11 bits per heavy atom. The fourth-order valence-electron chi connectivity index (χ4n) is 3.32. The molecule has 2 amide bonds. The summed E-state index contributed by atoms with van der Waals surface area (Å²) in [6.07, 6.45) is -9.07. The summed E-state index contributed by atoms with van der Waals surface area (Å²) in [5.74, 6) is -0.941. The van der Waals surface area contributed by atoms with E-state index in [9.17, 15) is 35.1 Å². The van der Waals surface area contributed by atoms with Crippen molar-refractivity contribution in [3.63, 3.8) is 0 Å². The first kappa shape index (κ1) is 22.9. The van der Waals surface area contributed by atoms with E-state index in [1.807, 2.05) is 0 Å². The van der Waals surface area contributed by atoms with Gasteiger partial charge in [-0.1, -0.05) is 0 Å². The van der Waals surface area contributed by atoms with Gasteiger partial charge < -0.3 is 50.4 Å². The molecule has 2 rings (SSSR count). The molecule has 0 bridgehead atoms. The summed E-state index contributed by atoms with van der Waals surface area (Å²) in [6.45, 7) is 1.25. The molecule has 12 heteroatoms. The molecule has 2 fully saturated rings. The van der Waals surface area contributed by atoms with Gasteiger partial charge in [-0.05, 0) is 0 Å². The topological polar surface area (TPSA) is 187 Å². The second-order valence-electron chi connectivity index (χ2n) is 6.89. The standard InChI is InChI=1S/C16H28N2O10/c1-6(21)17-8-5-26-10(4-20)15(12(8)23)28-16-11(18-7(2)22)14(25)13(24)9(3-19)27-16/h8-16,19-20,23-25H,3-5H2,1-2H3,(H,17,21)(H,18,22)/t8-,9+,10-,11-,12+,13-,14-,15-,16+/m0/s1. The Hall–Kier alpha value is -1.38. The number of nitrogens with one attached hydrogen (secondary N) is 2. The van der Waals surface area contributed by atoms with Crippen molar-refractivity contribution in [2.24, 2.45) is 0 Å². The van der Waals surface area contributed by atoms with E-state index in [1.165, 1.54) is 13.8 Å². The van der Waals surface area contributed by atoms with E-state index >= 15 is 0 Å². The lowest BCUT2D eigenvalue weighted by molar-refractivity contribution is -0.309. The van der Waals surface area contributed by atoms with Crippen molar-refractivity contribution in [3.05, 3.63) is 0 Å². The molecule has 7 N–H and O–H groups in total. The molecule has 0 aromatic carbocycles. The summed E-state index contributed by atoms with van der Waals surface area (Å²) >= 11 is 0. The molecule has 2 saturated heterocycles. The summed E-state index contributed by atoms with van der Waals surface area (Å²) in [5, 5.41) is 54.7. The zero-order valence-corrected chi connectivity index (χ0v) is 15.6. The van der Waals surface area contributed by atoms with Gasteiger partial charge in [0.1, 0.15) is 42.7 Å². The Morgan fingerprint density at radius 1 is 0.964 bits per heavy atom. The minimum Gasteiger partial charge on any atom is -0.394 e. The third-order valence-corrected chi connectivity index (χ3v) is 4.72. The van der Waals surface area contributed by atoms with Crippen LogP contribution in [0.3, 0.4) is 0 Å². The minimum atomic E-state index is -1.53. The Kier molecular flexibility index (Phi) is 8.09. The van der Waals surface area contributed by atoms with Crippen molar-refractivity contribution in [3.8, 4) is 0 Å². The molecule has 0 aliphatic carbocycles. The van der Waals surface area contributed by atoms with Crippen LogP contribution in [0.2, 0.25) is 0 Å². The SMILES string of the molecule is CC(=O)N[C@@H]1[C@@H](O[C@@H]2[C@H](O)[C@@H](NC(C)=O)CO[C@H]2CO)O[C@H](CO)[C@H](O)[C@H]1O. The predicted octanol–water partition coefficient (Wildman–Crippen LogP) is -4.43. The molecule has 12 nitrogen and oxygen atoms in total. The monoisotopic (exact) mass is 408 g/mol. The molecule has 9 atom stereocenters.